The zero-order valence-electron chi connectivity index (χ0n) is 23.2. The van der Waals surface area contributed by atoms with Gasteiger partial charge in [-0.15, -0.1) is 0 Å². The number of rotatable bonds is 3. The summed E-state index contributed by atoms with van der Waals surface area (Å²) in [6.45, 7) is 7.89. The highest BCUT2D eigenvalue weighted by molar-refractivity contribution is 5.95. The van der Waals surface area contributed by atoms with Gasteiger partial charge >= 0.3 is 0 Å². The average Bonchev–Trinajstić information content (AvgIpc) is 3.35. The van der Waals surface area contributed by atoms with Gasteiger partial charge in [0.05, 0.1) is 35.6 Å². The summed E-state index contributed by atoms with van der Waals surface area (Å²) in [5.74, 6) is -0.495. The molecular formula is C31H46O7. The molecule has 3 saturated carbocycles. The Hall–Kier alpha value is -1.09. The molecule has 0 amide bonds. The summed E-state index contributed by atoms with van der Waals surface area (Å²) in [5, 5.41) is 56.9. The lowest BCUT2D eigenvalue weighted by atomic mass is 9.46. The molecule has 1 heterocycles. The maximum Gasteiger partial charge on any atom is 0.159 e. The van der Waals surface area contributed by atoms with Crippen LogP contribution in [0.4, 0.5) is 0 Å². The zero-order chi connectivity index (χ0) is 27.4. The van der Waals surface area contributed by atoms with E-state index in [0.717, 1.165) is 24.8 Å². The van der Waals surface area contributed by atoms with Gasteiger partial charge in [0.25, 0.3) is 0 Å². The van der Waals surface area contributed by atoms with E-state index in [1.807, 2.05) is 19.9 Å². The number of aliphatic hydroxyl groups is 5. The van der Waals surface area contributed by atoms with Crippen molar-refractivity contribution in [2.45, 2.75) is 121 Å². The van der Waals surface area contributed by atoms with Crippen LogP contribution in [0.2, 0.25) is 0 Å². The maximum atomic E-state index is 13.4. The summed E-state index contributed by atoms with van der Waals surface area (Å²) in [6, 6.07) is 0. The van der Waals surface area contributed by atoms with Gasteiger partial charge in [0.15, 0.2) is 5.78 Å². The number of ether oxygens (including phenoxy) is 1. The summed E-state index contributed by atoms with van der Waals surface area (Å²) < 4.78 is 6.22. The molecule has 0 radical (unpaired) electrons. The lowest BCUT2D eigenvalue weighted by Gasteiger charge is -2.60. The van der Waals surface area contributed by atoms with Crippen LogP contribution < -0.4 is 0 Å². The molecule has 4 fully saturated rings. The highest BCUT2D eigenvalue weighted by Gasteiger charge is 2.69. The number of ketones is 1. The van der Waals surface area contributed by atoms with E-state index in [-0.39, 0.29) is 34.9 Å². The van der Waals surface area contributed by atoms with E-state index >= 15 is 0 Å². The third-order valence-electron chi connectivity index (χ3n) is 12.7. The lowest BCUT2D eigenvalue weighted by molar-refractivity contribution is -0.199. The van der Waals surface area contributed by atoms with Crippen LogP contribution in [0.5, 0.6) is 0 Å². The number of carbonyl (C=O) groups excluding carboxylic acids is 1. The molecule has 0 aromatic carbocycles. The summed E-state index contributed by atoms with van der Waals surface area (Å²) in [6.07, 6.45) is 7.20. The highest BCUT2D eigenvalue weighted by atomic mass is 16.5. The quantitative estimate of drug-likeness (QED) is 0.355. The lowest BCUT2D eigenvalue weighted by Crippen LogP contribution is -2.63. The molecule has 7 heteroatoms. The van der Waals surface area contributed by atoms with E-state index < -0.39 is 53.1 Å². The molecule has 1 saturated heterocycles. The van der Waals surface area contributed by atoms with Gasteiger partial charge in [-0.1, -0.05) is 32.9 Å². The molecule has 38 heavy (non-hydrogen) atoms. The van der Waals surface area contributed by atoms with Crippen molar-refractivity contribution in [3.63, 3.8) is 0 Å². The fourth-order valence-electron chi connectivity index (χ4n) is 10.3. The van der Waals surface area contributed by atoms with E-state index in [9.17, 15) is 30.3 Å². The minimum absolute atomic E-state index is 0.00775. The molecule has 14 atom stereocenters. The van der Waals surface area contributed by atoms with Crippen LogP contribution in [-0.4, -0.2) is 73.0 Å². The second kappa shape index (κ2) is 8.70. The van der Waals surface area contributed by atoms with Crippen molar-refractivity contribution in [3.05, 3.63) is 23.8 Å². The first-order valence-corrected chi connectivity index (χ1v) is 14.8. The summed E-state index contributed by atoms with van der Waals surface area (Å²) >= 11 is 0. The first kappa shape index (κ1) is 27.1. The Morgan fingerprint density at radius 3 is 2.55 bits per heavy atom. The van der Waals surface area contributed by atoms with Crippen molar-refractivity contribution in [3.8, 4) is 0 Å². The van der Waals surface area contributed by atoms with Gasteiger partial charge in [-0.2, -0.15) is 0 Å². The molecule has 212 valence electrons. The monoisotopic (exact) mass is 530 g/mol. The Morgan fingerprint density at radius 2 is 1.84 bits per heavy atom. The van der Waals surface area contributed by atoms with Gasteiger partial charge in [0.1, 0.15) is 6.10 Å². The minimum atomic E-state index is -1.53. The van der Waals surface area contributed by atoms with Gasteiger partial charge in [-0.05, 0) is 99.0 Å². The average molecular weight is 531 g/mol. The Balaban J connectivity index is 1.30. The van der Waals surface area contributed by atoms with Crippen molar-refractivity contribution in [1.29, 1.82) is 0 Å². The number of fused-ring (bicyclic) bond motifs is 6. The van der Waals surface area contributed by atoms with Gasteiger partial charge in [0.2, 0.25) is 0 Å². The largest absolute Gasteiger partial charge is 0.393 e. The fourth-order valence-corrected chi connectivity index (χ4v) is 10.3. The number of hydrogen-bond acceptors (Lipinski definition) is 7. The molecule has 0 aromatic rings. The SMILES string of the molecule is CC1C2CC=CC(O)C2OC1C(O)C(C)(O)C1CCC2(O)C3=CC(=O)C4CC(O)CCC4(C)C3CCC12C. The predicted molar refractivity (Wildman–Crippen MR) is 141 cm³/mol. The van der Waals surface area contributed by atoms with Gasteiger partial charge in [-0.25, -0.2) is 0 Å². The molecule has 0 spiro atoms. The number of carbonyl (C=O) groups is 1. The van der Waals surface area contributed by atoms with Gasteiger partial charge in [0, 0.05) is 11.3 Å². The van der Waals surface area contributed by atoms with Crippen LogP contribution >= 0.6 is 0 Å². The van der Waals surface area contributed by atoms with Crippen molar-refractivity contribution < 1.29 is 35.1 Å². The summed E-state index contributed by atoms with van der Waals surface area (Å²) in [4.78, 5) is 13.4. The standard InChI is InChI=1S/C31H46O7/c1-16-18-6-5-7-22(33)26(18)38-25(16)27(35)30(4,36)24-10-13-31(37)20-15-23(34)21-14-17(32)8-11-28(21,2)19(20)9-12-29(24,31)3/h5,7,15-19,21-22,24-27,32-33,35-37H,6,8-14H2,1-4H3. The van der Waals surface area contributed by atoms with Crippen LogP contribution in [0.3, 0.4) is 0 Å². The molecule has 0 aromatic heterocycles. The Labute approximate surface area is 226 Å². The molecule has 5 N–H and O–H groups in total. The molecule has 5 aliphatic carbocycles. The maximum absolute atomic E-state index is 13.4. The van der Waals surface area contributed by atoms with Crippen molar-refractivity contribution in [2.75, 3.05) is 0 Å². The third kappa shape index (κ3) is 3.45. The Bertz CT molecular complexity index is 1050. The molecule has 6 aliphatic rings. The number of allylic oxidation sites excluding steroid dienone is 2. The Kier molecular flexibility index (Phi) is 6.21. The van der Waals surface area contributed by atoms with E-state index in [1.54, 1.807) is 19.1 Å². The van der Waals surface area contributed by atoms with Crippen molar-refractivity contribution >= 4 is 5.78 Å². The van der Waals surface area contributed by atoms with Crippen LogP contribution in [-0.2, 0) is 9.53 Å². The topological polar surface area (TPSA) is 127 Å². The second-order valence-electron chi connectivity index (χ2n) is 14.4. The molecular weight excluding hydrogens is 484 g/mol. The first-order chi connectivity index (χ1) is 17.8. The van der Waals surface area contributed by atoms with Crippen LogP contribution in [0, 0.1) is 40.4 Å². The number of aliphatic hydroxyl groups excluding tert-OH is 3. The summed E-state index contributed by atoms with van der Waals surface area (Å²) in [7, 11) is 0. The number of hydrogen-bond donors (Lipinski definition) is 5. The molecule has 7 nitrogen and oxygen atoms in total. The molecule has 0 bridgehead atoms. The highest BCUT2D eigenvalue weighted by Crippen LogP contribution is 2.68. The van der Waals surface area contributed by atoms with E-state index in [1.165, 1.54) is 0 Å². The smallest absolute Gasteiger partial charge is 0.159 e. The van der Waals surface area contributed by atoms with Gasteiger partial charge < -0.3 is 30.3 Å². The third-order valence-corrected chi connectivity index (χ3v) is 12.7. The molecule has 6 rings (SSSR count). The fraction of sp³-hybridized carbons (Fsp3) is 0.839. The van der Waals surface area contributed by atoms with Crippen molar-refractivity contribution in [2.24, 2.45) is 40.4 Å². The van der Waals surface area contributed by atoms with Crippen LogP contribution in [0.25, 0.3) is 0 Å². The Morgan fingerprint density at radius 1 is 1.11 bits per heavy atom. The molecule has 1 aliphatic heterocycles. The van der Waals surface area contributed by atoms with E-state index in [4.69, 9.17) is 4.74 Å². The van der Waals surface area contributed by atoms with Gasteiger partial charge in [-0.3, -0.25) is 4.79 Å². The summed E-state index contributed by atoms with van der Waals surface area (Å²) in [5.41, 5.74) is -2.95. The minimum Gasteiger partial charge on any atom is -0.393 e. The normalized spacial score (nSPS) is 54.3. The zero-order valence-corrected chi connectivity index (χ0v) is 23.2. The van der Waals surface area contributed by atoms with E-state index in [0.29, 0.717) is 32.1 Å². The molecule has 14 unspecified atom stereocenters. The predicted octanol–water partition coefficient (Wildman–Crippen LogP) is 2.67. The first-order valence-electron chi connectivity index (χ1n) is 14.8. The van der Waals surface area contributed by atoms with Crippen LogP contribution in [0.15, 0.2) is 23.8 Å². The van der Waals surface area contributed by atoms with Crippen LogP contribution in [0.1, 0.15) is 79.1 Å². The van der Waals surface area contributed by atoms with E-state index in [2.05, 4.69) is 6.92 Å². The van der Waals surface area contributed by atoms with Crippen molar-refractivity contribution in [1.82, 2.24) is 0 Å². The second-order valence-corrected chi connectivity index (χ2v) is 14.4.